The van der Waals surface area contributed by atoms with Gasteiger partial charge in [0.05, 0.1) is 10.6 Å². The maximum absolute atomic E-state index is 12.4. The van der Waals surface area contributed by atoms with Crippen molar-refractivity contribution in [2.24, 2.45) is 4.99 Å². The molecule has 0 N–H and O–H groups in total. The van der Waals surface area contributed by atoms with Gasteiger partial charge in [-0.2, -0.15) is 10.1 Å². The van der Waals surface area contributed by atoms with Crippen LogP contribution in [0.3, 0.4) is 0 Å². The number of anilines is 1. The van der Waals surface area contributed by atoms with Gasteiger partial charge in [-0.25, -0.2) is 0 Å². The largest absolute Gasteiger partial charge is 0.352 e. The van der Waals surface area contributed by atoms with Crippen LogP contribution in [-0.2, 0) is 4.79 Å². The molecule has 0 unspecified atom stereocenters. The lowest BCUT2D eigenvalue weighted by Gasteiger charge is -2.35. The van der Waals surface area contributed by atoms with Crippen molar-refractivity contribution < 1.29 is 4.79 Å². The minimum absolute atomic E-state index is 0.148. The number of amidine groups is 1. The zero-order chi connectivity index (χ0) is 20.4. The molecular weight excluding hydrogens is 382 g/mol. The molecule has 7 heteroatoms. The van der Waals surface area contributed by atoms with Gasteiger partial charge < -0.3 is 9.80 Å². The summed E-state index contributed by atoms with van der Waals surface area (Å²) in [4.78, 5) is 21.8. The maximum atomic E-state index is 12.4. The minimum atomic E-state index is -0.148. The average Bonchev–Trinajstić information content (AvgIpc) is 3.09. The van der Waals surface area contributed by atoms with Crippen LogP contribution in [0.25, 0.3) is 6.08 Å². The molecule has 1 fully saturated rings. The summed E-state index contributed by atoms with van der Waals surface area (Å²) in [5.74, 6) is 1.25. The average molecular weight is 408 g/mol. The van der Waals surface area contributed by atoms with Crippen molar-refractivity contribution in [2.75, 3.05) is 31.1 Å². The normalized spacial score (nSPS) is 18.7. The molecule has 2 aliphatic heterocycles. The number of piperazine rings is 1. The second-order valence-corrected chi connectivity index (χ2v) is 8.65. The van der Waals surface area contributed by atoms with E-state index in [1.54, 1.807) is 0 Å². The summed E-state index contributed by atoms with van der Waals surface area (Å²) in [7, 11) is 0. The molecule has 0 atom stereocenters. The third kappa shape index (κ3) is 4.50. The molecule has 0 radical (unpaired) electrons. The highest BCUT2D eigenvalue weighted by molar-refractivity contribution is 8.18. The molecule has 2 aliphatic rings. The molecule has 150 valence electrons. The topological polar surface area (TPSA) is 61.7 Å². The first-order valence-corrected chi connectivity index (χ1v) is 10.7. The smallest absolute Gasteiger partial charge is 0.286 e. The second kappa shape index (κ2) is 8.37. The molecular formula is C22H25N5OS. The van der Waals surface area contributed by atoms with Crippen molar-refractivity contribution in [3.8, 4) is 0 Å². The van der Waals surface area contributed by atoms with Crippen LogP contribution in [0.1, 0.15) is 36.6 Å². The molecule has 3 heterocycles. The quantitative estimate of drug-likeness (QED) is 0.723. The number of carbonyl (C=O) groups excluding carboxylic acids is 1. The summed E-state index contributed by atoms with van der Waals surface area (Å²) in [5, 5.41) is 9.21. The van der Waals surface area contributed by atoms with Crippen molar-refractivity contribution >= 4 is 34.7 Å². The number of aliphatic imine (C=N–C) groups is 1. The number of nitrogens with zero attached hydrogens (tertiary/aromatic N) is 5. The van der Waals surface area contributed by atoms with Gasteiger partial charge in [0, 0.05) is 26.2 Å². The van der Waals surface area contributed by atoms with Crippen LogP contribution in [0.4, 0.5) is 5.82 Å². The van der Waals surface area contributed by atoms with E-state index in [0.717, 1.165) is 48.4 Å². The summed E-state index contributed by atoms with van der Waals surface area (Å²) in [5.41, 5.74) is 3.25. The lowest BCUT2D eigenvalue weighted by atomic mass is 10.0. The predicted octanol–water partition coefficient (Wildman–Crippen LogP) is 3.70. The van der Waals surface area contributed by atoms with E-state index in [9.17, 15) is 4.79 Å². The van der Waals surface area contributed by atoms with Gasteiger partial charge in [-0.15, -0.1) is 5.10 Å². The number of benzene rings is 1. The Labute approximate surface area is 175 Å². The highest BCUT2D eigenvalue weighted by Crippen LogP contribution is 2.31. The Morgan fingerprint density at radius 1 is 0.966 bits per heavy atom. The van der Waals surface area contributed by atoms with Crippen LogP contribution in [0.5, 0.6) is 0 Å². The molecule has 0 spiro atoms. The molecule has 6 nitrogen and oxygen atoms in total. The van der Waals surface area contributed by atoms with E-state index in [1.165, 1.54) is 17.3 Å². The number of carbonyl (C=O) groups is 1. The van der Waals surface area contributed by atoms with Crippen LogP contribution in [0, 0.1) is 6.92 Å². The molecule has 4 rings (SSSR count). The Bertz CT molecular complexity index is 942. The second-order valence-electron chi connectivity index (χ2n) is 7.64. The van der Waals surface area contributed by atoms with Gasteiger partial charge in [-0.3, -0.25) is 4.79 Å². The third-order valence-electron chi connectivity index (χ3n) is 5.17. The van der Waals surface area contributed by atoms with Gasteiger partial charge in [0.2, 0.25) is 0 Å². The molecule has 0 aliphatic carbocycles. The zero-order valence-electron chi connectivity index (χ0n) is 17.0. The molecule has 0 saturated carbocycles. The van der Waals surface area contributed by atoms with Crippen LogP contribution < -0.4 is 4.90 Å². The van der Waals surface area contributed by atoms with Crippen LogP contribution in [0.2, 0.25) is 0 Å². The van der Waals surface area contributed by atoms with E-state index in [1.807, 2.05) is 25.1 Å². The van der Waals surface area contributed by atoms with Gasteiger partial charge in [-0.05, 0) is 53.9 Å². The fraction of sp³-hybridized carbons (Fsp3) is 0.364. The molecule has 1 aromatic carbocycles. The van der Waals surface area contributed by atoms with E-state index in [0.29, 0.717) is 10.8 Å². The fourth-order valence-corrected chi connectivity index (χ4v) is 4.31. The lowest BCUT2D eigenvalue weighted by Crippen LogP contribution is -2.48. The predicted molar refractivity (Wildman–Crippen MR) is 119 cm³/mol. The molecule has 1 aromatic heterocycles. The Balaban J connectivity index is 1.38. The molecule has 1 amide bonds. The van der Waals surface area contributed by atoms with Crippen molar-refractivity contribution in [1.29, 1.82) is 0 Å². The summed E-state index contributed by atoms with van der Waals surface area (Å²) in [6.07, 6.45) is 1.94. The Morgan fingerprint density at radius 2 is 1.66 bits per heavy atom. The number of thioether (sulfide) groups is 1. The van der Waals surface area contributed by atoms with E-state index < -0.39 is 0 Å². The van der Waals surface area contributed by atoms with E-state index >= 15 is 0 Å². The number of aromatic nitrogens is 2. The van der Waals surface area contributed by atoms with Crippen LogP contribution in [0.15, 0.2) is 46.3 Å². The van der Waals surface area contributed by atoms with Crippen molar-refractivity contribution in [2.45, 2.75) is 26.7 Å². The van der Waals surface area contributed by atoms with Gasteiger partial charge in [0.15, 0.2) is 11.0 Å². The van der Waals surface area contributed by atoms with Gasteiger partial charge in [0.1, 0.15) is 0 Å². The first kappa shape index (κ1) is 19.6. The SMILES string of the molecule is Cc1ccc(N2CCN(C3=NC(=O)C(=Cc4ccc(C(C)C)cc4)S3)CC2)nn1. The van der Waals surface area contributed by atoms with Crippen LogP contribution in [-0.4, -0.2) is 52.4 Å². The molecule has 29 heavy (non-hydrogen) atoms. The molecule has 1 saturated heterocycles. The lowest BCUT2D eigenvalue weighted by molar-refractivity contribution is -0.113. The molecule has 2 aromatic rings. The van der Waals surface area contributed by atoms with Gasteiger partial charge in [0.25, 0.3) is 5.91 Å². The van der Waals surface area contributed by atoms with Crippen LogP contribution >= 0.6 is 11.8 Å². The Hall–Kier alpha value is -2.67. The number of rotatable bonds is 3. The Kier molecular flexibility index (Phi) is 5.67. The summed E-state index contributed by atoms with van der Waals surface area (Å²) >= 11 is 1.47. The van der Waals surface area contributed by atoms with E-state index in [4.69, 9.17) is 0 Å². The monoisotopic (exact) mass is 407 g/mol. The van der Waals surface area contributed by atoms with E-state index in [2.05, 4.69) is 63.1 Å². The molecule has 0 bridgehead atoms. The first-order valence-electron chi connectivity index (χ1n) is 9.92. The first-order chi connectivity index (χ1) is 14.0. The summed E-state index contributed by atoms with van der Waals surface area (Å²) in [6, 6.07) is 12.4. The van der Waals surface area contributed by atoms with Gasteiger partial charge >= 0.3 is 0 Å². The number of hydrogen-bond donors (Lipinski definition) is 0. The Morgan fingerprint density at radius 3 is 2.28 bits per heavy atom. The standard InChI is InChI=1S/C22H25N5OS/c1-15(2)18-7-5-17(6-8-18)14-19-21(28)23-22(29-19)27-12-10-26(11-13-27)20-9-4-16(3)24-25-20/h4-9,14-15H,10-13H2,1-3H3. The van der Waals surface area contributed by atoms with Crippen molar-refractivity contribution in [3.05, 3.63) is 58.1 Å². The van der Waals surface area contributed by atoms with Crippen molar-refractivity contribution in [3.63, 3.8) is 0 Å². The fourth-order valence-electron chi connectivity index (χ4n) is 3.35. The maximum Gasteiger partial charge on any atom is 0.286 e. The summed E-state index contributed by atoms with van der Waals surface area (Å²) < 4.78 is 0. The van der Waals surface area contributed by atoms with Gasteiger partial charge in [-0.1, -0.05) is 38.1 Å². The van der Waals surface area contributed by atoms with E-state index in [-0.39, 0.29) is 5.91 Å². The summed E-state index contributed by atoms with van der Waals surface area (Å²) in [6.45, 7) is 9.58. The van der Waals surface area contributed by atoms with Crippen molar-refractivity contribution in [1.82, 2.24) is 15.1 Å². The minimum Gasteiger partial charge on any atom is -0.352 e. The number of aryl methyl sites for hydroxylation is 1. The highest BCUT2D eigenvalue weighted by Gasteiger charge is 2.28. The third-order valence-corrected chi connectivity index (χ3v) is 6.21. The number of hydrogen-bond acceptors (Lipinski definition) is 6. The zero-order valence-corrected chi connectivity index (χ0v) is 17.8. The highest BCUT2D eigenvalue weighted by atomic mass is 32.2. The number of amides is 1.